The molecule has 0 spiro atoms. The van der Waals surface area contributed by atoms with Crippen molar-refractivity contribution >= 4 is 27.6 Å². The van der Waals surface area contributed by atoms with Crippen LogP contribution in [0.1, 0.15) is 12.2 Å². The van der Waals surface area contributed by atoms with E-state index in [-0.39, 0.29) is 0 Å². The Morgan fingerprint density at radius 1 is 1.18 bits per heavy atom. The Morgan fingerprint density at radius 2 is 2.04 bits per heavy atom. The number of nitrogens with one attached hydrogen (secondary N) is 1. The number of nitrogens with zero attached hydrogens (tertiary/aromatic N) is 5. The van der Waals surface area contributed by atoms with Gasteiger partial charge < -0.3 is 14.3 Å². The summed E-state index contributed by atoms with van der Waals surface area (Å²) in [5.74, 6) is 1.69. The summed E-state index contributed by atoms with van der Waals surface area (Å²) in [4.78, 5) is 12.5. The summed E-state index contributed by atoms with van der Waals surface area (Å²) >= 11 is 0. The van der Waals surface area contributed by atoms with Crippen molar-refractivity contribution in [1.82, 2.24) is 23.9 Å². The fourth-order valence-corrected chi connectivity index (χ4v) is 3.81. The third-order valence-corrected chi connectivity index (χ3v) is 5.15. The molecule has 4 aromatic heterocycles. The Morgan fingerprint density at radius 3 is 2.86 bits per heavy atom. The number of rotatable bonds is 4. The Kier molecular flexibility index (Phi) is 3.59. The zero-order chi connectivity index (χ0) is 19.3. The van der Waals surface area contributed by atoms with Gasteiger partial charge in [0.1, 0.15) is 11.6 Å². The second-order valence-electron chi connectivity index (χ2n) is 6.80. The predicted molar refractivity (Wildman–Crippen MR) is 107 cm³/mol. The minimum atomic E-state index is 0.434. The third-order valence-electron chi connectivity index (χ3n) is 5.15. The Labute approximate surface area is 160 Å². The van der Waals surface area contributed by atoms with Crippen LogP contribution in [0.2, 0.25) is 0 Å². The van der Waals surface area contributed by atoms with Crippen molar-refractivity contribution in [3.05, 3.63) is 48.7 Å². The van der Waals surface area contributed by atoms with Gasteiger partial charge in [0.25, 0.3) is 0 Å². The van der Waals surface area contributed by atoms with E-state index in [1.807, 2.05) is 13.1 Å². The SMILES string of the molecule is COc1ccc2c(c1)c(-c1cc3c(ncc4cnc(CCC#N)n43)[nH]1)cn2C. The van der Waals surface area contributed by atoms with E-state index in [9.17, 15) is 0 Å². The molecule has 138 valence electrons. The highest BCUT2D eigenvalue weighted by Gasteiger charge is 2.15. The molecule has 0 aliphatic heterocycles. The molecule has 1 aromatic carbocycles. The monoisotopic (exact) mass is 370 g/mol. The van der Waals surface area contributed by atoms with Crippen LogP contribution in [-0.4, -0.2) is 31.0 Å². The van der Waals surface area contributed by atoms with Crippen LogP contribution in [0.5, 0.6) is 5.75 Å². The lowest BCUT2D eigenvalue weighted by atomic mass is 10.1. The molecule has 0 aliphatic rings. The summed E-state index contributed by atoms with van der Waals surface area (Å²) in [6, 6.07) is 10.4. The topological polar surface area (TPSA) is 83.9 Å². The summed E-state index contributed by atoms with van der Waals surface area (Å²) < 4.78 is 9.59. The molecule has 1 N–H and O–H groups in total. The molecule has 7 heteroatoms. The zero-order valence-corrected chi connectivity index (χ0v) is 15.6. The van der Waals surface area contributed by atoms with Crippen molar-refractivity contribution in [3.63, 3.8) is 0 Å². The zero-order valence-electron chi connectivity index (χ0n) is 15.6. The number of aromatic amines is 1. The molecule has 7 nitrogen and oxygen atoms in total. The molecule has 0 atom stereocenters. The maximum absolute atomic E-state index is 8.93. The van der Waals surface area contributed by atoms with E-state index in [2.05, 4.69) is 54.4 Å². The highest BCUT2D eigenvalue weighted by atomic mass is 16.5. The third kappa shape index (κ3) is 2.35. The van der Waals surface area contributed by atoms with Gasteiger partial charge in [-0.05, 0) is 24.3 Å². The molecule has 0 amide bonds. The van der Waals surface area contributed by atoms with Crippen LogP contribution in [0.15, 0.2) is 42.9 Å². The maximum atomic E-state index is 8.93. The van der Waals surface area contributed by atoms with Gasteiger partial charge >= 0.3 is 0 Å². The number of hydrogen-bond acceptors (Lipinski definition) is 4. The lowest BCUT2D eigenvalue weighted by Crippen LogP contribution is -1.96. The van der Waals surface area contributed by atoms with Gasteiger partial charge in [0.05, 0.1) is 42.3 Å². The lowest BCUT2D eigenvalue weighted by molar-refractivity contribution is 0.415. The van der Waals surface area contributed by atoms with E-state index >= 15 is 0 Å². The first-order chi connectivity index (χ1) is 13.7. The number of aromatic nitrogens is 5. The first-order valence-electron chi connectivity index (χ1n) is 9.04. The minimum Gasteiger partial charge on any atom is -0.497 e. The molecule has 0 saturated heterocycles. The predicted octanol–water partition coefficient (Wildman–Crippen LogP) is 3.83. The van der Waals surface area contributed by atoms with Crippen LogP contribution in [-0.2, 0) is 13.5 Å². The van der Waals surface area contributed by atoms with Gasteiger partial charge in [0.15, 0.2) is 5.65 Å². The molecule has 28 heavy (non-hydrogen) atoms. The molecule has 0 fully saturated rings. The lowest BCUT2D eigenvalue weighted by Gasteiger charge is -2.01. The minimum absolute atomic E-state index is 0.434. The normalized spacial score (nSPS) is 11.5. The van der Waals surface area contributed by atoms with E-state index in [1.165, 1.54) is 0 Å². The molecule has 0 aliphatic carbocycles. The highest BCUT2D eigenvalue weighted by Crippen LogP contribution is 2.34. The van der Waals surface area contributed by atoms with Crippen molar-refractivity contribution < 1.29 is 4.74 Å². The van der Waals surface area contributed by atoms with Crippen molar-refractivity contribution in [2.75, 3.05) is 7.11 Å². The highest BCUT2D eigenvalue weighted by molar-refractivity contribution is 5.98. The number of aryl methyl sites for hydroxylation is 2. The first kappa shape index (κ1) is 16.4. The number of ether oxygens (including phenoxy) is 1. The van der Waals surface area contributed by atoms with Crippen molar-refractivity contribution in [1.29, 1.82) is 5.26 Å². The fourth-order valence-electron chi connectivity index (χ4n) is 3.81. The number of benzene rings is 1. The van der Waals surface area contributed by atoms with E-state index in [1.54, 1.807) is 19.5 Å². The van der Waals surface area contributed by atoms with Gasteiger partial charge in [-0.15, -0.1) is 0 Å². The van der Waals surface area contributed by atoms with E-state index in [4.69, 9.17) is 10.00 Å². The van der Waals surface area contributed by atoms with Gasteiger partial charge in [0.2, 0.25) is 0 Å². The molecule has 0 bridgehead atoms. The van der Waals surface area contributed by atoms with E-state index < -0.39 is 0 Å². The molecule has 0 radical (unpaired) electrons. The molecular weight excluding hydrogens is 352 g/mol. The molecule has 4 heterocycles. The summed E-state index contributed by atoms with van der Waals surface area (Å²) in [6.07, 6.45) is 6.75. The number of imidazole rings is 1. The molecular formula is C21H18N6O. The number of fused-ring (bicyclic) bond motifs is 4. The quantitative estimate of drug-likeness (QED) is 0.521. The van der Waals surface area contributed by atoms with Gasteiger partial charge in [0, 0.05) is 42.6 Å². The molecule has 0 unspecified atom stereocenters. The molecule has 5 aromatic rings. The summed E-state index contributed by atoms with van der Waals surface area (Å²) in [5, 5.41) is 10.0. The summed E-state index contributed by atoms with van der Waals surface area (Å²) in [6.45, 7) is 0. The van der Waals surface area contributed by atoms with Crippen molar-refractivity contribution in [2.24, 2.45) is 7.05 Å². The summed E-state index contributed by atoms with van der Waals surface area (Å²) in [5.41, 5.74) is 5.86. The van der Waals surface area contributed by atoms with Gasteiger partial charge in [-0.3, -0.25) is 4.40 Å². The number of hydrogen-bond donors (Lipinski definition) is 1. The number of H-pyrrole nitrogens is 1. The van der Waals surface area contributed by atoms with Crippen molar-refractivity contribution in [3.8, 4) is 23.1 Å². The van der Waals surface area contributed by atoms with E-state index in [0.29, 0.717) is 12.8 Å². The average molecular weight is 370 g/mol. The maximum Gasteiger partial charge on any atom is 0.154 e. The molecule has 0 saturated carbocycles. The van der Waals surface area contributed by atoms with Crippen LogP contribution >= 0.6 is 0 Å². The van der Waals surface area contributed by atoms with Crippen LogP contribution in [0.3, 0.4) is 0 Å². The van der Waals surface area contributed by atoms with E-state index in [0.717, 1.165) is 50.4 Å². The second-order valence-corrected chi connectivity index (χ2v) is 6.80. The average Bonchev–Trinajstić information content (AvgIpc) is 3.40. The second kappa shape index (κ2) is 6.13. The van der Waals surface area contributed by atoms with Gasteiger partial charge in [-0.1, -0.05) is 0 Å². The first-order valence-corrected chi connectivity index (χ1v) is 9.04. The largest absolute Gasteiger partial charge is 0.497 e. The number of methoxy groups -OCH3 is 1. The summed E-state index contributed by atoms with van der Waals surface area (Å²) in [7, 11) is 3.71. The van der Waals surface area contributed by atoms with Crippen molar-refractivity contribution in [2.45, 2.75) is 12.8 Å². The Balaban J connectivity index is 1.74. The Bertz CT molecular complexity index is 1380. The van der Waals surface area contributed by atoms with Gasteiger partial charge in [-0.2, -0.15) is 5.26 Å². The Hall–Kier alpha value is -3.79. The standard InChI is InChI=1S/C21H18N6O/c1-26-12-16(15-8-14(28-2)5-6-18(15)26)17-9-19-21(25-17)24-11-13-10-23-20(27(13)19)4-3-7-22/h5-6,8-12,25H,3-4H2,1-2H3. The fraction of sp³-hybridized carbons (Fsp3) is 0.190. The molecule has 5 rings (SSSR count). The van der Waals surface area contributed by atoms with Crippen LogP contribution in [0.4, 0.5) is 0 Å². The van der Waals surface area contributed by atoms with Crippen LogP contribution < -0.4 is 4.74 Å². The van der Waals surface area contributed by atoms with Crippen LogP contribution in [0.25, 0.3) is 38.8 Å². The smallest absolute Gasteiger partial charge is 0.154 e. The van der Waals surface area contributed by atoms with Gasteiger partial charge in [-0.25, -0.2) is 9.97 Å². The number of nitriles is 1. The van der Waals surface area contributed by atoms with Crippen LogP contribution in [0, 0.1) is 11.3 Å².